The molecule has 0 aliphatic heterocycles. The molecule has 0 aliphatic rings. The number of nitrogens with two attached hydrogens (primary N) is 2. The molecule has 0 saturated carbocycles. The monoisotopic (exact) mass is 531 g/mol. The first-order valence-corrected chi connectivity index (χ1v) is 13.0. The van der Waals surface area contributed by atoms with Crippen molar-refractivity contribution in [2.75, 3.05) is 0 Å². The SMILES string of the molecule is NC(=O)C(Cc1ccccc1)NC(=O)C(Cc1ccccc1)C(O)/C=C/C(O)CC(N)Cc1ccc(O)cc1. The van der Waals surface area contributed by atoms with Gasteiger partial charge in [0.25, 0.3) is 0 Å². The van der Waals surface area contributed by atoms with E-state index in [4.69, 9.17) is 11.5 Å². The minimum absolute atomic E-state index is 0.167. The summed E-state index contributed by atoms with van der Waals surface area (Å²) in [6, 6.07) is 23.8. The highest BCUT2D eigenvalue weighted by molar-refractivity contribution is 5.88. The maximum absolute atomic E-state index is 13.3. The van der Waals surface area contributed by atoms with Gasteiger partial charge in [0.1, 0.15) is 11.8 Å². The fourth-order valence-corrected chi connectivity index (χ4v) is 4.37. The van der Waals surface area contributed by atoms with Crippen LogP contribution in [0, 0.1) is 5.92 Å². The number of rotatable bonds is 14. The number of primary amides is 1. The second-order valence-corrected chi connectivity index (χ2v) is 9.76. The first-order valence-electron chi connectivity index (χ1n) is 13.0. The molecule has 0 fully saturated rings. The molecule has 5 atom stereocenters. The first-order chi connectivity index (χ1) is 18.7. The van der Waals surface area contributed by atoms with Crippen LogP contribution in [-0.4, -0.2) is 51.4 Å². The van der Waals surface area contributed by atoms with E-state index in [-0.39, 0.29) is 31.1 Å². The quantitative estimate of drug-likeness (QED) is 0.175. The van der Waals surface area contributed by atoms with Gasteiger partial charge in [-0.15, -0.1) is 0 Å². The van der Waals surface area contributed by atoms with Gasteiger partial charge in [-0.2, -0.15) is 0 Å². The summed E-state index contributed by atoms with van der Waals surface area (Å²) in [5, 5.41) is 33.6. The molecule has 0 radical (unpaired) electrons. The van der Waals surface area contributed by atoms with E-state index in [1.807, 2.05) is 60.7 Å². The maximum Gasteiger partial charge on any atom is 0.240 e. The number of carbonyl (C=O) groups excluding carboxylic acids is 2. The Morgan fingerprint density at radius 3 is 1.87 bits per heavy atom. The molecule has 0 aliphatic carbocycles. The lowest BCUT2D eigenvalue weighted by Crippen LogP contribution is -2.50. The van der Waals surface area contributed by atoms with Crippen LogP contribution in [0.1, 0.15) is 23.1 Å². The maximum atomic E-state index is 13.3. The second kappa shape index (κ2) is 14.8. The van der Waals surface area contributed by atoms with Crippen LogP contribution in [0.2, 0.25) is 0 Å². The van der Waals surface area contributed by atoms with Gasteiger partial charge >= 0.3 is 0 Å². The van der Waals surface area contributed by atoms with Gasteiger partial charge in [-0.25, -0.2) is 0 Å². The van der Waals surface area contributed by atoms with Gasteiger partial charge in [0.05, 0.1) is 18.1 Å². The van der Waals surface area contributed by atoms with Crippen LogP contribution >= 0.6 is 0 Å². The third-order valence-electron chi connectivity index (χ3n) is 6.50. The lowest BCUT2D eigenvalue weighted by molar-refractivity contribution is -0.131. The number of aliphatic hydroxyl groups excluding tert-OH is 2. The molecular formula is C31H37N3O5. The predicted octanol–water partition coefficient (Wildman–Crippen LogP) is 2.00. The minimum Gasteiger partial charge on any atom is -0.508 e. The van der Waals surface area contributed by atoms with E-state index in [0.29, 0.717) is 6.42 Å². The van der Waals surface area contributed by atoms with E-state index in [2.05, 4.69) is 5.32 Å². The second-order valence-electron chi connectivity index (χ2n) is 9.76. The highest BCUT2D eigenvalue weighted by atomic mass is 16.3. The van der Waals surface area contributed by atoms with Crippen LogP contribution in [0.15, 0.2) is 97.1 Å². The van der Waals surface area contributed by atoms with Crippen LogP contribution in [0.25, 0.3) is 0 Å². The number of hydrogen-bond donors (Lipinski definition) is 6. The Morgan fingerprint density at radius 1 is 0.769 bits per heavy atom. The van der Waals surface area contributed by atoms with Crippen molar-refractivity contribution in [3.05, 3.63) is 114 Å². The molecule has 39 heavy (non-hydrogen) atoms. The van der Waals surface area contributed by atoms with E-state index < -0.39 is 36.0 Å². The summed E-state index contributed by atoms with van der Waals surface area (Å²) >= 11 is 0. The predicted molar refractivity (Wildman–Crippen MR) is 150 cm³/mol. The van der Waals surface area contributed by atoms with Crippen molar-refractivity contribution in [2.24, 2.45) is 17.4 Å². The summed E-state index contributed by atoms with van der Waals surface area (Å²) in [5.74, 6) is -1.96. The fourth-order valence-electron chi connectivity index (χ4n) is 4.37. The van der Waals surface area contributed by atoms with Gasteiger partial charge in [0.15, 0.2) is 0 Å². The molecule has 3 aromatic carbocycles. The molecule has 3 aromatic rings. The summed E-state index contributed by atoms with van der Waals surface area (Å²) < 4.78 is 0. The van der Waals surface area contributed by atoms with Gasteiger partial charge in [0, 0.05) is 12.5 Å². The molecule has 5 unspecified atom stereocenters. The number of hydrogen-bond acceptors (Lipinski definition) is 6. The summed E-state index contributed by atoms with van der Waals surface area (Å²) in [6.07, 6.45) is 1.82. The van der Waals surface area contributed by atoms with E-state index >= 15 is 0 Å². The molecule has 8 heteroatoms. The zero-order valence-electron chi connectivity index (χ0n) is 21.8. The van der Waals surface area contributed by atoms with Crippen LogP contribution in [-0.2, 0) is 28.9 Å². The largest absolute Gasteiger partial charge is 0.508 e. The van der Waals surface area contributed by atoms with Gasteiger partial charge in [-0.3, -0.25) is 9.59 Å². The summed E-state index contributed by atoms with van der Waals surface area (Å²) in [7, 11) is 0. The van der Waals surface area contributed by atoms with Gasteiger partial charge in [-0.1, -0.05) is 84.9 Å². The van der Waals surface area contributed by atoms with Crippen LogP contribution in [0.3, 0.4) is 0 Å². The van der Waals surface area contributed by atoms with Crippen LogP contribution < -0.4 is 16.8 Å². The molecule has 0 heterocycles. The van der Waals surface area contributed by atoms with Crippen molar-refractivity contribution in [1.82, 2.24) is 5.32 Å². The lowest BCUT2D eigenvalue weighted by Gasteiger charge is -2.24. The average molecular weight is 532 g/mol. The molecule has 206 valence electrons. The third-order valence-corrected chi connectivity index (χ3v) is 6.50. The summed E-state index contributed by atoms with van der Waals surface area (Å²) in [5.41, 5.74) is 14.4. The Balaban J connectivity index is 1.67. The average Bonchev–Trinajstić information content (AvgIpc) is 2.92. The van der Waals surface area contributed by atoms with Gasteiger partial charge in [-0.05, 0) is 48.1 Å². The molecule has 0 aromatic heterocycles. The Labute approximate surface area is 229 Å². The van der Waals surface area contributed by atoms with Crippen LogP contribution in [0.4, 0.5) is 0 Å². The van der Waals surface area contributed by atoms with Crippen molar-refractivity contribution >= 4 is 11.8 Å². The van der Waals surface area contributed by atoms with Crippen molar-refractivity contribution in [3.63, 3.8) is 0 Å². The summed E-state index contributed by atoms with van der Waals surface area (Å²) in [6.45, 7) is 0. The highest BCUT2D eigenvalue weighted by Gasteiger charge is 2.29. The van der Waals surface area contributed by atoms with Crippen molar-refractivity contribution in [2.45, 2.75) is 50.0 Å². The summed E-state index contributed by atoms with van der Waals surface area (Å²) in [4.78, 5) is 25.5. The number of phenolic OH excluding ortho intramolecular Hbond substituents is 1. The number of benzene rings is 3. The Kier molecular flexibility index (Phi) is 11.2. The van der Waals surface area contributed by atoms with Gasteiger partial charge < -0.3 is 32.1 Å². The molecule has 0 bridgehead atoms. The number of phenols is 1. The molecule has 2 amide bonds. The van der Waals surface area contributed by atoms with Crippen molar-refractivity contribution in [1.29, 1.82) is 0 Å². The van der Waals surface area contributed by atoms with E-state index in [1.165, 1.54) is 12.2 Å². The van der Waals surface area contributed by atoms with E-state index in [9.17, 15) is 24.9 Å². The molecule has 3 rings (SSSR count). The number of nitrogens with one attached hydrogen (secondary N) is 1. The van der Waals surface area contributed by atoms with Crippen molar-refractivity contribution < 1.29 is 24.9 Å². The molecule has 8 nitrogen and oxygen atoms in total. The van der Waals surface area contributed by atoms with E-state index in [0.717, 1.165) is 16.7 Å². The normalized spacial score (nSPS) is 15.3. The molecular weight excluding hydrogens is 494 g/mol. The first kappa shape index (κ1) is 29.6. The molecule has 0 spiro atoms. The third kappa shape index (κ3) is 10.0. The number of aromatic hydroxyl groups is 1. The lowest BCUT2D eigenvalue weighted by atomic mass is 9.91. The zero-order valence-corrected chi connectivity index (χ0v) is 21.8. The fraction of sp³-hybridized carbons (Fsp3) is 0.290. The number of amides is 2. The standard InChI is InChI=1S/C31H37N3O5/c32-24(17-23-11-13-25(35)14-12-23)20-26(36)15-16-29(37)27(18-21-7-3-1-4-8-21)31(39)34-28(30(33)38)19-22-9-5-2-6-10-22/h1-16,24,26-29,35-37H,17-20,32H2,(H2,33,38)(H,34,39)/b16-15+. The highest BCUT2D eigenvalue weighted by Crippen LogP contribution is 2.17. The smallest absolute Gasteiger partial charge is 0.240 e. The number of carbonyl (C=O) groups is 2. The Morgan fingerprint density at radius 2 is 1.31 bits per heavy atom. The Bertz CT molecular complexity index is 1200. The van der Waals surface area contributed by atoms with E-state index in [1.54, 1.807) is 24.3 Å². The van der Waals surface area contributed by atoms with Crippen LogP contribution in [0.5, 0.6) is 5.75 Å². The minimum atomic E-state index is -1.24. The zero-order chi connectivity index (χ0) is 28.2. The topological polar surface area (TPSA) is 159 Å². The van der Waals surface area contributed by atoms with Crippen molar-refractivity contribution in [3.8, 4) is 5.75 Å². The Hall–Kier alpha value is -3.98. The molecule has 8 N–H and O–H groups in total. The number of aliphatic hydroxyl groups is 2. The van der Waals surface area contributed by atoms with Gasteiger partial charge in [0.2, 0.25) is 11.8 Å². The molecule has 0 saturated heterocycles.